The van der Waals surface area contributed by atoms with Gasteiger partial charge in [0.15, 0.2) is 5.96 Å². The van der Waals surface area contributed by atoms with E-state index in [1.165, 1.54) is 12.1 Å². The summed E-state index contributed by atoms with van der Waals surface area (Å²) in [4.78, 5) is 6.28. The highest BCUT2D eigenvalue weighted by atomic mass is 127. The fourth-order valence-electron chi connectivity index (χ4n) is 3.04. The Labute approximate surface area is 198 Å². The Morgan fingerprint density at radius 2 is 1.84 bits per heavy atom. The van der Waals surface area contributed by atoms with Crippen molar-refractivity contribution in [1.29, 1.82) is 0 Å². The van der Waals surface area contributed by atoms with Gasteiger partial charge in [-0.25, -0.2) is 4.68 Å². The van der Waals surface area contributed by atoms with Gasteiger partial charge < -0.3 is 15.0 Å². The summed E-state index contributed by atoms with van der Waals surface area (Å²) >= 11 is 0. The van der Waals surface area contributed by atoms with Crippen molar-refractivity contribution in [3.63, 3.8) is 0 Å². The van der Waals surface area contributed by atoms with Crippen molar-refractivity contribution in [1.82, 2.24) is 20.0 Å². The largest absolute Gasteiger partial charge is 0.435 e. The number of aliphatic imine (C=N–C) groups is 1. The van der Waals surface area contributed by atoms with Gasteiger partial charge in [-0.3, -0.25) is 4.99 Å². The van der Waals surface area contributed by atoms with Crippen LogP contribution in [0.2, 0.25) is 0 Å². The summed E-state index contributed by atoms with van der Waals surface area (Å²) in [5, 5.41) is 7.75. The number of alkyl halides is 2. The highest BCUT2D eigenvalue weighted by molar-refractivity contribution is 14.0. The van der Waals surface area contributed by atoms with Gasteiger partial charge in [0.25, 0.3) is 0 Å². The first-order chi connectivity index (χ1) is 14.5. The number of hydrogen-bond donors (Lipinski definition) is 1. The molecule has 3 rings (SSSR count). The summed E-state index contributed by atoms with van der Waals surface area (Å²) in [6.07, 6.45) is 4.69. The molecule has 1 N–H and O–H groups in total. The number of rotatable bonds is 8. The quantitative estimate of drug-likeness (QED) is 0.262. The number of para-hydroxylation sites is 1. The third kappa shape index (κ3) is 7.50. The lowest BCUT2D eigenvalue weighted by Gasteiger charge is -2.22. The van der Waals surface area contributed by atoms with E-state index in [1.54, 1.807) is 19.2 Å². The first kappa shape index (κ1) is 24.6. The van der Waals surface area contributed by atoms with E-state index in [9.17, 15) is 8.78 Å². The van der Waals surface area contributed by atoms with Gasteiger partial charge in [-0.1, -0.05) is 30.3 Å². The molecule has 31 heavy (non-hydrogen) atoms. The van der Waals surface area contributed by atoms with Crippen LogP contribution in [0.1, 0.15) is 11.1 Å². The summed E-state index contributed by atoms with van der Waals surface area (Å²) in [6.45, 7) is -1.53. The zero-order valence-corrected chi connectivity index (χ0v) is 19.7. The van der Waals surface area contributed by atoms with Crippen molar-refractivity contribution < 1.29 is 13.5 Å². The number of halogens is 3. The van der Waals surface area contributed by atoms with Crippen LogP contribution in [-0.2, 0) is 13.0 Å². The second kappa shape index (κ2) is 12.2. The maximum atomic E-state index is 12.3. The van der Waals surface area contributed by atoms with Gasteiger partial charge in [0.1, 0.15) is 5.75 Å². The molecule has 6 nitrogen and oxygen atoms in total. The van der Waals surface area contributed by atoms with Crippen LogP contribution in [0, 0.1) is 0 Å². The molecule has 2 aromatic carbocycles. The van der Waals surface area contributed by atoms with E-state index in [2.05, 4.69) is 20.1 Å². The van der Waals surface area contributed by atoms with Gasteiger partial charge >= 0.3 is 6.61 Å². The third-order valence-electron chi connectivity index (χ3n) is 4.50. The summed E-state index contributed by atoms with van der Waals surface area (Å²) in [7, 11) is 3.65. The van der Waals surface area contributed by atoms with Crippen LogP contribution >= 0.6 is 24.0 Å². The van der Waals surface area contributed by atoms with Crippen molar-refractivity contribution in [2.24, 2.45) is 4.99 Å². The molecule has 0 saturated heterocycles. The lowest BCUT2D eigenvalue weighted by atomic mass is 10.2. The Kier molecular flexibility index (Phi) is 9.70. The van der Waals surface area contributed by atoms with Gasteiger partial charge in [0.05, 0.1) is 11.9 Å². The molecule has 1 heterocycles. The van der Waals surface area contributed by atoms with Crippen molar-refractivity contribution in [2.75, 3.05) is 20.6 Å². The predicted molar refractivity (Wildman–Crippen MR) is 129 cm³/mol. The van der Waals surface area contributed by atoms with Crippen LogP contribution in [0.25, 0.3) is 5.69 Å². The van der Waals surface area contributed by atoms with Crippen LogP contribution in [0.3, 0.4) is 0 Å². The van der Waals surface area contributed by atoms with Crippen molar-refractivity contribution in [2.45, 2.75) is 19.6 Å². The van der Waals surface area contributed by atoms with Gasteiger partial charge in [-0.05, 0) is 41.8 Å². The second-order valence-electron chi connectivity index (χ2n) is 6.73. The summed E-state index contributed by atoms with van der Waals surface area (Å²) < 4.78 is 30.7. The predicted octanol–water partition coefficient (Wildman–Crippen LogP) is 4.34. The number of nitrogens with one attached hydrogen (secondary N) is 1. The zero-order valence-electron chi connectivity index (χ0n) is 17.4. The fourth-order valence-corrected chi connectivity index (χ4v) is 3.04. The third-order valence-corrected chi connectivity index (χ3v) is 4.50. The molecule has 3 aromatic rings. The molecule has 9 heteroatoms. The molecule has 0 aliphatic carbocycles. The summed E-state index contributed by atoms with van der Waals surface area (Å²) in [6, 6.07) is 16.6. The maximum Gasteiger partial charge on any atom is 0.387 e. The van der Waals surface area contributed by atoms with Crippen LogP contribution < -0.4 is 10.1 Å². The summed E-state index contributed by atoms with van der Waals surface area (Å²) in [5.41, 5.74) is 3.11. The Morgan fingerprint density at radius 1 is 1.13 bits per heavy atom. The van der Waals surface area contributed by atoms with Gasteiger partial charge in [-0.15, -0.1) is 24.0 Å². The van der Waals surface area contributed by atoms with Gasteiger partial charge in [0.2, 0.25) is 0 Å². The number of guanidine groups is 1. The lowest BCUT2D eigenvalue weighted by molar-refractivity contribution is -0.0498. The maximum absolute atomic E-state index is 12.3. The highest BCUT2D eigenvalue weighted by Crippen LogP contribution is 2.16. The van der Waals surface area contributed by atoms with Crippen LogP contribution in [0.4, 0.5) is 8.78 Å². The molecular formula is C22H26F2IN5O. The van der Waals surface area contributed by atoms with E-state index >= 15 is 0 Å². The van der Waals surface area contributed by atoms with E-state index < -0.39 is 6.61 Å². The van der Waals surface area contributed by atoms with Gasteiger partial charge in [0, 0.05) is 33.4 Å². The second-order valence-corrected chi connectivity index (χ2v) is 6.73. The fraction of sp³-hybridized carbons (Fsp3) is 0.273. The van der Waals surface area contributed by atoms with Crippen molar-refractivity contribution in [3.8, 4) is 11.4 Å². The molecule has 0 saturated carbocycles. The normalized spacial score (nSPS) is 11.2. The topological polar surface area (TPSA) is 54.7 Å². The lowest BCUT2D eigenvalue weighted by Crippen LogP contribution is -2.39. The molecule has 0 unspecified atom stereocenters. The molecule has 166 valence electrons. The highest BCUT2D eigenvalue weighted by Gasteiger charge is 2.09. The van der Waals surface area contributed by atoms with Crippen LogP contribution in [0.15, 0.2) is 72.0 Å². The smallest absolute Gasteiger partial charge is 0.387 e. The molecule has 0 spiro atoms. The monoisotopic (exact) mass is 541 g/mol. The Bertz CT molecular complexity index is 948. The number of benzene rings is 2. The Morgan fingerprint density at radius 3 is 2.48 bits per heavy atom. The minimum absolute atomic E-state index is 0. The standard InChI is InChI=1S/C22H25F2N5O.HI/c1-25-22(28(2)15-17-8-10-20(11-9-17)30-21(23)24)26-13-12-18-14-27-29(16-18)19-6-4-3-5-7-19;/h3-11,14,16,21H,12-13,15H2,1-2H3,(H,25,26);1H. The first-order valence-electron chi connectivity index (χ1n) is 9.59. The van der Waals surface area contributed by atoms with E-state index in [0.29, 0.717) is 13.1 Å². The van der Waals surface area contributed by atoms with Crippen molar-refractivity contribution >= 4 is 29.9 Å². The summed E-state index contributed by atoms with van der Waals surface area (Å²) in [5.74, 6) is 0.897. The number of nitrogens with zero attached hydrogens (tertiary/aromatic N) is 4. The zero-order chi connectivity index (χ0) is 21.3. The minimum atomic E-state index is -2.82. The molecule has 0 bridgehead atoms. The molecule has 0 amide bonds. The molecular weight excluding hydrogens is 515 g/mol. The Balaban J connectivity index is 0.00000341. The average molecular weight is 541 g/mol. The van der Waals surface area contributed by atoms with E-state index in [1.807, 2.05) is 59.4 Å². The van der Waals surface area contributed by atoms with Crippen molar-refractivity contribution in [3.05, 3.63) is 78.1 Å². The molecule has 0 atom stereocenters. The molecule has 0 fully saturated rings. The minimum Gasteiger partial charge on any atom is -0.435 e. The molecule has 1 aromatic heterocycles. The molecule has 0 radical (unpaired) electrons. The van der Waals surface area contributed by atoms with Gasteiger partial charge in [-0.2, -0.15) is 13.9 Å². The van der Waals surface area contributed by atoms with Crippen LogP contribution in [-0.4, -0.2) is 47.9 Å². The Hall–Kier alpha value is -2.69. The van der Waals surface area contributed by atoms with Crippen LogP contribution in [0.5, 0.6) is 5.75 Å². The first-order valence-corrected chi connectivity index (χ1v) is 9.59. The van der Waals surface area contributed by atoms with E-state index in [-0.39, 0.29) is 29.7 Å². The molecule has 0 aliphatic heterocycles. The number of hydrogen-bond acceptors (Lipinski definition) is 3. The number of ether oxygens (including phenoxy) is 1. The number of aromatic nitrogens is 2. The molecule has 0 aliphatic rings. The average Bonchev–Trinajstić information content (AvgIpc) is 3.22. The SMILES string of the molecule is CN=C(NCCc1cnn(-c2ccccc2)c1)N(C)Cc1ccc(OC(F)F)cc1.I. The van der Waals surface area contributed by atoms with E-state index in [4.69, 9.17) is 0 Å². The van der Waals surface area contributed by atoms with E-state index in [0.717, 1.165) is 29.2 Å².